The number of halogens is 1. The molecule has 1 amide bonds. The van der Waals surface area contributed by atoms with Crippen LogP contribution in [0.15, 0.2) is 61.2 Å². The number of nitrogens with zero attached hydrogens (tertiary/aromatic N) is 5. The SMILES string of the molecule is CC(C)(O)C(F)CNC(=O)c1cnc(-c2ccc3cc(C#N)cnn23)cc1Nc1ccncc1. The molecule has 0 aliphatic rings. The number of pyridine rings is 2. The largest absolute Gasteiger partial charge is 0.387 e. The summed E-state index contributed by atoms with van der Waals surface area (Å²) in [5, 5.41) is 28.9. The number of alkyl halides is 1. The minimum absolute atomic E-state index is 0.198. The zero-order valence-corrected chi connectivity index (χ0v) is 18.5. The predicted octanol–water partition coefficient (Wildman–Crippen LogP) is 3.25. The van der Waals surface area contributed by atoms with Crippen molar-refractivity contribution in [1.82, 2.24) is 24.9 Å². The molecule has 1 unspecified atom stereocenters. The van der Waals surface area contributed by atoms with Gasteiger partial charge in [-0.3, -0.25) is 14.8 Å². The van der Waals surface area contributed by atoms with Crippen molar-refractivity contribution in [1.29, 1.82) is 5.26 Å². The summed E-state index contributed by atoms with van der Waals surface area (Å²) >= 11 is 0. The van der Waals surface area contributed by atoms with Gasteiger partial charge in [-0.2, -0.15) is 10.4 Å². The molecule has 0 bridgehead atoms. The Bertz CT molecular complexity index is 1370. The Hall–Kier alpha value is -4.36. The number of aromatic nitrogens is 4. The van der Waals surface area contributed by atoms with Crippen LogP contribution < -0.4 is 10.6 Å². The first-order valence-electron chi connectivity index (χ1n) is 10.5. The van der Waals surface area contributed by atoms with E-state index in [9.17, 15) is 14.3 Å². The summed E-state index contributed by atoms with van der Waals surface area (Å²) < 4.78 is 15.8. The van der Waals surface area contributed by atoms with Gasteiger partial charge in [-0.25, -0.2) is 8.91 Å². The van der Waals surface area contributed by atoms with Crippen molar-refractivity contribution in [3.63, 3.8) is 0 Å². The highest BCUT2D eigenvalue weighted by Crippen LogP contribution is 2.27. The molecule has 9 nitrogen and oxygen atoms in total. The van der Waals surface area contributed by atoms with Crippen molar-refractivity contribution in [2.24, 2.45) is 0 Å². The number of anilines is 2. The number of nitrogens with one attached hydrogen (secondary N) is 2. The first-order chi connectivity index (χ1) is 16.3. The average Bonchev–Trinajstić information content (AvgIpc) is 3.25. The average molecular weight is 459 g/mol. The first-order valence-corrected chi connectivity index (χ1v) is 10.5. The molecule has 4 heterocycles. The Morgan fingerprint density at radius 1 is 1.24 bits per heavy atom. The maximum Gasteiger partial charge on any atom is 0.255 e. The maximum atomic E-state index is 14.2. The summed E-state index contributed by atoms with van der Waals surface area (Å²) in [5.41, 5.74) is 2.11. The van der Waals surface area contributed by atoms with Crippen LogP contribution in [0.1, 0.15) is 29.8 Å². The van der Waals surface area contributed by atoms with E-state index in [2.05, 4.69) is 31.8 Å². The molecule has 4 rings (SSSR count). The molecule has 10 heteroatoms. The third kappa shape index (κ3) is 4.84. The van der Waals surface area contributed by atoms with Crippen LogP contribution in [-0.4, -0.2) is 48.9 Å². The fourth-order valence-electron chi connectivity index (χ4n) is 3.25. The van der Waals surface area contributed by atoms with Gasteiger partial charge in [-0.15, -0.1) is 0 Å². The summed E-state index contributed by atoms with van der Waals surface area (Å²) in [7, 11) is 0. The Morgan fingerprint density at radius 3 is 2.71 bits per heavy atom. The second-order valence-corrected chi connectivity index (χ2v) is 8.22. The molecular weight excluding hydrogens is 437 g/mol. The van der Waals surface area contributed by atoms with E-state index in [0.717, 1.165) is 5.52 Å². The topological polar surface area (TPSA) is 128 Å². The zero-order chi connectivity index (χ0) is 24.3. The smallest absolute Gasteiger partial charge is 0.255 e. The second-order valence-electron chi connectivity index (χ2n) is 8.22. The summed E-state index contributed by atoms with van der Waals surface area (Å²) in [4.78, 5) is 21.3. The molecular formula is C24H22FN7O2. The minimum atomic E-state index is -1.64. The molecule has 0 radical (unpaired) electrons. The van der Waals surface area contributed by atoms with E-state index in [1.54, 1.807) is 41.2 Å². The van der Waals surface area contributed by atoms with Crippen LogP contribution in [0.2, 0.25) is 0 Å². The van der Waals surface area contributed by atoms with Crippen LogP contribution in [0.3, 0.4) is 0 Å². The molecule has 3 N–H and O–H groups in total. The zero-order valence-electron chi connectivity index (χ0n) is 18.5. The minimum Gasteiger partial charge on any atom is -0.387 e. The van der Waals surface area contributed by atoms with E-state index in [0.29, 0.717) is 28.3 Å². The molecule has 1 atom stereocenters. The summed E-state index contributed by atoms with van der Waals surface area (Å²) in [6, 6.07) is 12.6. The molecule has 0 aliphatic carbocycles. The summed E-state index contributed by atoms with van der Waals surface area (Å²) in [6.07, 6.45) is 4.44. The van der Waals surface area contributed by atoms with E-state index in [1.807, 2.05) is 12.1 Å². The molecule has 0 aromatic carbocycles. The number of hydrogen-bond acceptors (Lipinski definition) is 7. The maximum absolute atomic E-state index is 14.2. The number of rotatable bonds is 7. The molecule has 172 valence electrons. The number of fused-ring (bicyclic) bond motifs is 1. The molecule has 0 fully saturated rings. The molecule has 0 saturated heterocycles. The van der Waals surface area contributed by atoms with Gasteiger partial charge in [0.2, 0.25) is 0 Å². The summed E-state index contributed by atoms with van der Waals surface area (Å²) in [5.74, 6) is -0.542. The third-order valence-electron chi connectivity index (χ3n) is 5.21. The van der Waals surface area contributed by atoms with Crippen molar-refractivity contribution in [2.45, 2.75) is 25.6 Å². The monoisotopic (exact) mass is 459 g/mol. The van der Waals surface area contributed by atoms with Gasteiger partial charge in [0.25, 0.3) is 5.91 Å². The second kappa shape index (κ2) is 9.25. The third-order valence-corrected chi connectivity index (χ3v) is 5.21. The van der Waals surface area contributed by atoms with Gasteiger partial charge in [-0.1, -0.05) is 0 Å². The predicted molar refractivity (Wildman–Crippen MR) is 124 cm³/mol. The van der Waals surface area contributed by atoms with E-state index in [-0.39, 0.29) is 12.1 Å². The molecule has 4 aromatic heterocycles. The van der Waals surface area contributed by atoms with Gasteiger partial charge < -0.3 is 15.7 Å². The number of carbonyl (C=O) groups is 1. The molecule has 0 spiro atoms. The van der Waals surface area contributed by atoms with Crippen molar-refractivity contribution in [3.05, 3.63) is 72.3 Å². The Labute approximate surface area is 194 Å². The standard InChI is InChI=1S/C24H22FN7O2/c1-24(2,34)22(25)14-29-23(33)18-13-28-20(10-19(18)31-16-5-7-27-8-6-16)21-4-3-17-9-15(11-26)12-30-32(17)21/h3-10,12-13,22,34H,14H2,1-2H3,(H,29,33)(H,27,28,31). The van der Waals surface area contributed by atoms with E-state index in [4.69, 9.17) is 5.26 Å². The van der Waals surface area contributed by atoms with Crippen LogP contribution in [0.5, 0.6) is 0 Å². The van der Waals surface area contributed by atoms with E-state index >= 15 is 0 Å². The molecule has 0 aliphatic heterocycles. The van der Waals surface area contributed by atoms with Crippen molar-refractivity contribution >= 4 is 22.8 Å². The van der Waals surface area contributed by atoms with Gasteiger partial charge in [0.05, 0.1) is 52.1 Å². The van der Waals surface area contributed by atoms with Gasteiger partial charge in [0.15, 0.2) is 0 Å². The van der Waals surface area contributed by atoms with E-state index in [1.165, 1.54) is 26.2 Å². The molecule has 4 aromatic rings. The molecule has 0 saturated carbocycles. The number of carbonyl (C=O) groups excluding carboxylic acids is 1. The van der Waals surface area contributed by atoms with Crippen molar-refractivity contribution in [2.75, 3.05) is 11.9 Å². The van der Waals surface area contributed by atoms with Gasteiger partial charge in [0.1, 0.15) is 12.2 Å². The fourth-order valence-corrected chi connectivity index (χ4v) is 3.25. The highest BCUT2D eigenvalue weighted by molar-refractivity contribution is 6.00. The Kier molecular flexibility index (Phi) is 6.21. The van der Waals surface area contributed by atoms with Crippen LogP contribution >= 0.6 is 0 Å². The number of nitriles is 1. The normalized spacial score (nSPS) is 12.2. The number of amides is 1. The Morgan fingerprint density at radius 2 is 2.00 bits per heavy atom. The lowest BCUT2D eigenvalue weighted by atomic mass is 10.0. The lowest BCUT2D eigenvalue weighted by Gasteiger charge is -2.22. The number of aliphatic hydroxyl groups is 1. The van der Waals surface area contributed by atoms with Crippen molar-refractivity contribution in [3.8, 4) is 17.5 Å². The van der Waals surface area contributed by atoms with Crippen LogP contribution in [-0.2, 0) is 0 Å². The van der Waals surface area contributed by atoms with Crippen LogP contribution in [0.4, 0.5) is 15.8 Å². The highest BCUT2D eigenvalue weighted by Gasteiger charge is 2.27. The highest BCUT2D eigenvalue weighted by atomic mass is 19.1. The van der Waals surface area contributed by atoms with Gasteiger partial charge in [0, 0.05) is 24.3 Å². The lowest BCUT2D eigenvalue weighted by molar-refractivity contribution is -0.00177. The fraction of sp³-hybridized carbons (Fsp3) is 0.208. The Balaban J connectivity index is 1.70. The quantitative estimate of drug-likeness (QED) is 0.387. The molecule has 34 heavy (non-hydrogen) atoms. The van der Waals surface area contributed by atoms with Crippen LogP contribution in [0, 0.1) is 11.3 Å². The van der Waals surface area contributed by atoms with Crippen molar-refractivity contribution < 1.29 is 14.3 Å². The van der Waals surface area contributed by atoms with Gasteiger partial charge >= 0.3 is 0 Å². The van der Waals surface area contributed by atoms with Gasteiger partial charge in [-0.05, 0) is 50.2 Å². The lowest BCUT2D eigenvalue weighted by Crippen LogP contribution is -2.42. The summed E-state index contributed by atoms with van der Waals surface area (Å²) in [6.45, 7) is 2.32. The van der Waals surface area contributed by atoms with Crippen LogP contribution in [0.25, 0.3) is 16.9 Å². The number of hydrogen-bond donors (Lipinski definition) is 3. The first kappa shape index (κ1) is 22.8. The van der Waals surface area contributed by atoms with E-state index < -0.39 is 17.7 Å².